The average Bonchev–Trinajstić information content (AvgIpc) is 3.02. The summed E-state index contributed by atoms with van der Waals surface area (Å²) in [4.78, 5) is 37.2. The van der Waals surface area contributed by atoms with Crippen LogP contribution in [0.4, 0.5) is 5.00 Å². The minimum Gasteiger partial charge on any atom is -0.469 e. The Bertz CT molecular complexity index is 675. The molecule has 0 aromatic carbocycles. The molecule has 0 unspecified atom stereocenters. The normalized spacial score (nSPS) is 13.0. The van der Waals surface area contributed by atoms with Gasteiger partial charge < -0.3 is 20.1 Å². The summed E-state index contributed by atoms with van der Waals surface area (Å²) >= 11 is 2.86. The molecule has 2 N–H and O–H groups in total. The molecule has 0 saturated carbocycles. The van der Waals surface area contributed by atoms with Gasteiger partial charge in [-0.3, -0.25) is 14.4 Å². The van der Waals surface area contributed by atoms with Crippen LogP contribution in [0.15, 0.2) is 0 Å². The van der Waals surface area contributed by atoms with Crippen LogP contribution in [0.3, 0.4) is 0 Å². The highest BCUT2D eigenvalue weighted by molar-refractivity contribution is 7.99. The Kier molecular flexibility index (Phi) is 9.09. The smallest absolute Gasteiger partial charge is 0.306 e. The quantitative estimate of drug-likeness (QED) is 0.450. The van der Waals surface area contributed by atoms with E-state index in [9.17, 15) is 14.4 Å². The number of thioether (sulfide) groups is 1. The number of thiophene rings is 1. The number of carbonyl (C=O) groups is 3. The molecule has 0 bridgehead atoms. The number of methoxy groups -OCH3 is 2. The van der Waals surface area contributed by atoms with Crippen molar-refractivity contribution >= 4 is 45.9 Å². The van der Waals surface area contributed by atoms with Crippen LogP contribution in [0.5, 0.6) is 0 Å². The highest BCUT2D eigenvalue weighted by atomic mass is 32.2. The van der Waals surface area contributed by atoms with Crippen molar-refractivity contribution < 1.29 is 23.9 Å². The largest absolute Gasteiger partial charge is 0.469 e. The molecule has 150 valence electrons. The monoisotopic (exact) mass is 414 g/mol. The standard InChI is InChI=1S/C18H26N2O5S2/c1-24-9-8-19-17(23)16-12-5-3-4-6-13(12)27-18(16)20-14(21)11-26-10-7-15(22)25-2/h3-11H2,1-2H3,(H,19,23)(H,20,21). The molecular formula is C18H26N2O5S2. The van der Waals surface area contributed by atoms with E-state index in [1.165, 1.54) is 35.1 Å². The van der Waals surface area contributed by atoms with Gasteiger partial charge in [0.15, 0.2) is 0 Å². The van der Waals surface area contributed by atoms with Crippen LogP contribution in [0, 0.1) is 0 Å². The third kappa shape index (κ3) is 6.51. The van der Waals surface area contributed by atoms with Crippen LogP contribution in [-0.4, -0.2) is 56.7 Å². The van der Waals surface area contributed by atoms with Gasteiger partial charge in [0.1, 0.15) is 5.00 Å². The van der Waals surface area contributed by atoms with E-state index in [1.54, 1.807) is 7.11 Å². The highest BCUT2D eigenvalue weighted by Gasteiger charge is 2.26. The Hall–Kier alpha value is -1.58. The average molecular weight is 415 g/mol. The number of amides is 2. The van der Waals surface area contributed by atoms with E-state index < -0.39 is 0 Å². The maximum atomic E-state index is 12.7. The molecule has 1 aromatic rings. The zero-order valence-electron chi connectivity index (χ0n) is 15.7. The molecular weight excluding hydrogens is 388 g/mol. The van der Waals surface area contributed by atoms with Crippen molar-refractivity contribution in [3.63, 3.8) is 0 Å². The molecule has 0 spiro atoms. The number of esters is 1. The third-order valence-corrected chi connectivity index (χ3v) is 6.32. The number of hydrogen-bond donors (Lipinski definition) is 2. The number of ether oxygens (including phenoxy) is 2. The number of rotatable bonds is 10. The van der Waals surface area contributed by atoms with Gasteiger partial charge in [-0.15, -0.1) is 11.3 Å². The lowest BCUT2D eigenvalue weighted by Crippen LogP contribution is -2.29. The second-order valence-electron chi connectivity index (χ2n) is 6.09. The molecule has 2 rings (SSSR count). The van der Waals surface area contributed by atoms with Crippen molar-refractivity contribution in [3.05, 3.63) is 16.0 Å². The molecule has 9 heteroatoms. The molecule has 2 amide bonds. The summed E-state index contributed by atoms with van der Waals surface area (Å²) in [6.07, 6.45) is 4.24. The molecule has 0 fully saturated rings. The van der Waals surface area contributed by atoms with E-state index in [1.807, 2.05) is 0 Å². The van der Waals surface area contributed by atoms with Crippen molar-refractivity contribution in [2.45, 2.75) is 32.1 Å². The number of carbonyl (C=O) groups excluding carboxylic acids is 3. The van der Waals surface area contributed by atoms with E-state index in [2.05, 4.69) is 15.4 Å². The Morgan fingerprint density at radius 2 is 1.96 bits per heavy atom. The Labute approximate surface area is 167 Å². The molecule has 0 atom stereocenters. The lowest BCUT2D eigenvalue weighted by atomic mass is 9.95. The summed E-state index contributed by atoms with van der Waals surface area (Å²) < 4.78 is 9.56. The van der Waals surface area contributed by atoms with Crippen LogP contribution in [0.2, 0.25) is 0 Å². The first-order chi connectivity index (χ1) is 13.1. The number of hydrogen-bond acceptors (Lipinski definition) is 7. The van der Waals surface area contributed by atoms with E-state index in [4.69, 9.17) is 4.74 Å². The van der Waals surface area contributed by atoms with Gasteiger partial charge in [-0.1, -0.05) is 0 Å². The van der Waals surface area contributed by atoms with Gasteiger partial charge >= 0.3 is 5.97 Å². The summed E-state index contributed by atoms with van der Waals surface area (Å²) in [6.45, 7) is 0.868. The van der Waals surface area contributed by atoms with Gasteiger partial charge in [0.25, 0.3) is 5.91 Å². The van der Waals surface area contributed by atoms with Gasteiger partial charge in [0.2, 0.25) is 5.91 Å². The van der Waals surface area contributed by atoms with Crippen molar-refractivity contribution in [1.29, 1.82) is 0 Å². The Morgan fingerprint density at radius 3 is 2.70 bits per heavy atom. The van der Waals surface area contributed by atoms with E-state index in [0.29, 0.717) is 29.5 Å². The fourth-order valence-corrected chi connectivity index (χ4v) is 4.85. The number of anilines is 1. The van der Waals surface area contributed by atoms with Crippen LogP contribution in [-0.2, 0) is 31.9 Å². The second-order valence-corrected chi connectivity index (χ2v) is 8.30. The molecule has 0 aliphatic heterocycles. The van der Waals surface area contributed by atoms with Crippen molar-refractivity contribution in [3.8, 4) is 0 Å². The number of fused-ring (bicyclic) bond motifs is 1. The van der Waals surface area contributed by atoms with Crippen molar-refractivity contribution in [2.24, 2.45) is 0 Å². The first kappa shape index (κ1) is 21.7. The lowest BCUT2D eigenvalue weighted by molar-refractivity contribution is -0.140. The fraction of sp³-hybridized carbons (Fsp3) is 0.611. The van der Waals surface area contributed by atoms with Gasteiger partial charge in [0.05, 0.1) is 31.5 Å². The zero-order valence-corrected chi connectivity index (χ0v) is 17.4. The van der Waals surface area contributed by atoms with E-state index in [0.717, 1.165) is 31.2 Å². The number of nitrogens with one attached hydrogen (secondary N) is 2. The molecule has 1 aromatic heterocycles. The van der Waals surface area contributed by atoms with Gasteiger partial charge in [-0.25, -0.2) is 0 Å². The zero-order chi connectivity index (χ0) is 19.6. The minimum atomic E-state index is -0.288. The van der Waals surface area contributed by atoms with Crippen LogP contribution < -0.4 is 10.6 Å². The van der Waals surface area contributed by atoms with Gasteiger partial charge in [-0.05, 0) is 31.2 Å². The van der Waals surface area contributed by atoms with E-state index >= 15 is 0 Å². The second kappa shape index (κ2) is 11.3. The minimum absolute atomic E-state index is 0.167. The Morgan fingerprint density at radius 1 is 1.19 bits per heavy atom. The molecule has 0 radical (unpaired) electrons. The van der Waals surface area contributed by atoms with Crippen LogP contribution in [0.25, 0.3) is 0 Å². The SMILES string of the molecule is COCCNC(=O)c1c(NC(=O)CSCCC(=O)OC)sc2c1CCCC2. The fourth-order valence-electron chi connectivity index (χ4n) is 2.83. The van der Waals surface area contributed by atoms with E-state index in [-0.39, 0.29) is 30.0 Å². The maximum Gasteiger partial charge on any atom is 0.306 e. The topological polar surface area (TPSA) is 93.7 Å². The predicted molar refractivity (Wildman–Crippen MR) is 108 cm³/mol. The maximum absolute atomic E-state index is 12.7. The summed E-state index contributed by atoms with van der Waals surface area (Å²) in [5, 5.41) is 6.37. The first-order valence-electron chi connectivity index (χ1n) is 8.93. The van der Waals surface area contributed by atoms with Gasteiger partial charge in [-0.2, -0.15) is 11.8 Å². The van der Waals surface area contributed by atoms with Gasteiger partial charge in [0, 0.05) is 24.3 Å². The summed E-state index contributed by atoms with van der Waals surface area (Å²) in [7, 11) is 2.93. The van der Waals surface area contributed by atoms with Crippen LogP contribution >= 0.6 is 23.1 Å². The molecule has 0 saturated heterocycles. The Balaban J connectivity index is 2.00. The summed E-state index contributed by atoms with van der Waals surface area (Å²) in [5.74, 6) is 0.119. The highest BCUT2D eigenvalue weighted by Crippen LogP contribution is 2.38. The number of aryl methyl sites for hydroxylation is 1. The molecule has 1 aliphatic carbocycles. The molecule has 7 nitrogen and oxygen atoms in total. The lowest BCUT2D eigenvalue weighted by Gasteiger charge is -2.13. The molecule has 1 heterocycles. The third-order valence-electron chi connectivity index (χ3n) is 4.15. The summed E-state index contributed by atoms with van der Waals surface area (Å²) in [6, 6.07) is 0. The first-order valence-corrected chi connectivity index (χ1v) is 10.9. The molecule has 27 heavy (non-hydrogen) atoms. The van der Waals surface area contributed by atoms with Crippen molar-refractivity contribution in [2.75, 3.05) is 44.2 Å². The van der Waals surface area contributed by atoms with Crippen molar-refractivity contribution in [1.82, 2.24) is 5.32 Å². The predicted octanol–water partition coefficient (Wildman–Crippen LogP) is 2.24. The molecule has 1 aliphatic rings. The summed E-state index contributed by atoms with van der Waals surface area (Å²) in [5.41, 5.74) is 1.66. The van der Waals surface area contributed by atoms with Crippen LogP contribution in [0.1, 0.15) is 40.1 Å².